The number of hydrogen-bond donors (Lipinski definition) is 3. The molecule has 9 heteroatoms. The Kier molecular flexibility index (Phi) is 6.74. The highest BCUT2D eigenvalue weighted by atomic mass is 35.5. The quantitative estimate of drug-likeness (QED) is 0.349. The molecule has 4 rings (SSSR count). The normalized spacial score (nSPS) is 10.3. The van der Waals surface area contributed by atoms with E-state index in [1.54, 1.807) is 48.7 Å². The van der Waals surface area contributed by atoms with Crippen LogP contribution in [0.1, 0.15) is 0 Å². The van der Waals surface area contributed by atoms with E-state index in [0.717, 1.165) is 5.69 Å². The van der Waals surface area contributed by atoms with Gasteiger partial charge >= 0.3 is 0 Å². The molecule has 0 bridgehead atoms. The number of nitrogens with one attached hydrogen (secondary N) is 3. The molecular weight excluding hydrogens is 428 g/mol. The Balaban J connectivity index is 1.30. The third-order valence-electron chi connectivity index (χ3n) is 4.21. The van der Waals surface area contributed by atoms with Crippen LogP contribution >= 0.6 is 11.6 Å². The summed E-state index contributed by atoms with van der Waals surface area (Å²) in [5.41, 5.74) is 1.46. The minimum Gasteiger partial charge on any atom is -0.484 e. The fourth-order valence-corrected chi connectivity index (χ4v) is 2.85. The molecule has 0 fully saturated rings. The van der Waals surface area contributed by atoms with E-state index >= 15 is 0 Å². The zero-order chi connectivity index (χ0) is 22.2. The number of rotatable bonds is 8. The summed E-state index contributed by atoms with van der Waals surface area (Å²) in [6.45, 7) is -0.103. The third-order valence-corrected chi connectivity index (χ3v) is 4.46. The van der Waals surface area contributed by atoms with Crippen molar-refractivity contribution >= 4 is 46.3 Å². The van der Waals surface area contributed by atoms with E-state index in [0.29, 0.717) is 33.9 Å². The summed E-state index contributed by atoms with van der Waals surface area (Å²) in [7, 11) is 0. The van der Waals surface area contributed by atoms with Gasteiger partial charge < -0.3 is 20.7 Å². The highest BCUT2D eigenvalue weighted by Gasteiger charge is 2.05. The first kappa shape index (κ1) is 21.1. The molecule has 2 aromatic carbocycles. The van der Waals surface area contributed by atoms with Crippen molar-refractivity contribution < 1.29 is 9.53 Å². The van der Waals surface area contributed by atoms with Gasteiger partial charge in [-0.2, -0.15) is 0 Å². The molecule has 0 aliphatic rings. The van der Waals surface area contributed by atoms with Gasteiger partial charge in [-0.25, -0.2) is 15.0 Å². The van der Waals surface area contributed by atoms with Crippen LogP contribution in [0.2, 0.25) is 5.02 Å². The molecule has 160 valence electrons. The second kappa shape index (κ2) is 10.2. The lowest BCUT2D eigenvalue weighted by molar-refractivity contribution is -0.118. The lowest BCUT2D eigenvalue weighted by Gasteiger charge is -2.10. The Bertz CT molecular complexity index is 1170. The molecule has 0 atom stereocenters. The number of anilines is 5. The Morgan fingerprint density at radius 3 is 2.25 bits per heavy atom. The molecule has 8 nitrogen and oxygen atoms in total. The van der Waals surface area contributed by atoms with E-state index < -0.39 is 0 Å². The van der Waals surface area contributed by atoms with Crippen LogP contribution in [0, 0.1) is 0 Å². The number of carbonyl (C=O) groups excluding carboxylic acids is 1. The van der Waals surface area contributed by atoms with Crippen molar-refractivity contribution in [2.75, 3.05) is 22.6 Å². The largest absolute Gasteiger partial charge is 0.484 e. The predicted molar refractivity (Wildman–Crippen MR) is 125 cm³/mol. The summed E-state index contributed by atoms with van der Waals surface area (Å²) < 4.78 is 5.44. The van der Waals surface area contributed by atoms with Crippen molar-refractivity contribution in [3.05, 3.63) is 90.3 Å². The molecule has 4 aromatic rings. The second-order valence-electron chi connectivity index (χ2n) is 6.62. The Labute approximate surface area is 189 Å². The molecule has 1 amide bonds. The molecule has 0 saturated carbocycles. The van der Waals surface area contributed by atoms with Gasteiger partial charge in [0.2, 0.25) is 0 Å². The SMILES string of the molecule is O=C(COc1ccc(Cl)cc1)Nc1ccc(Nc2cc(Nc3ccccn3)ncn2)cc1. The number of halogens is 1. The van der Waals surface area contributed by atoms with Gasteiger partial charge in [-0.05, 0) is 60.7 Å². The Morgan fingerprint density at radius 1 is 0.812 bits per heavy atom. The van der Waals surface area contributed by atoms with Crippen molar-refractivity contribution in [3.63, 3.8) is 0 Å². The number of nitrogens with zero attached hydrogens (tertiary/aromatic N) is 3. The standard InChI is InChI=1S/C23H19ClN6O2/c24-16-4-10-19(11-5-16)32-14-23(31)29-18-8-6-17(7-9-18)28-21-13-22(27-15-26-21)30-20-3-1-2-12-25-20/h1-13,15H,14H2,(H,29,31)(H2,25,26,27,28,30). The molecular formula is C23H19ClN6O2. The fraction of sp³-hybridized carbons (Fsp3) is 0.0435. The zero-order valence-electron chi connectivity index (χ0n) is 16.8. The zero-order valence-corrected chi connectivity index (χ0v) is 17.6. The summed E-state index contributed by atoms with van der Waals surface area (Å²) in [5, 5.41) is 9.72. The van der Waals surface area contributed by atoms with Crippen molar-refractivity contribution in [2.24, 2.45) is 0 Å². The third kappa shape index (κ3) is 6.16. The Morgan fingerprint density at radius 2 is 1.53 bits per heavy atom. The van der Waals surface area contributed by atoms with Crippen molar-refractivity contribution in [2.45, 2.75) is 0 Å². The first-order valence-electron chi connectivity index (χ1n) is 9.69. The highest BCUT2D eigenvalue weighted by molar-refractivity contribution is 6.30. The van der Waals surface area contributed by atoms with Crippen molar-refractivity contribution in [1.29, 1.82) is 0 Å². The van der Waals surface area contributed by atoms with Gasteiger partial charge in [0.15, 0.2) is 6.61 Å². The molecule has 0 unspecified atom stereocenters. The summed E-state index contributed by atoms with van der Waals surface area (Å²) in [4.78, 5) is 24.8. The van der Waals surface area contributed by atoms with Gasteiger partial charge in [-0.1, -0.05) is 17.7 Å². The summed E-state index contributed by atoms with van der Waals surface area (Å²) >= 11 is 5.83. The first-order valence-corrected chi connectivity index (χ1v) is 10.1. The van der Waals surface area contributed by atoms with Crippen LogP contribution in [0.4, 0.5) is 28.8 Å². The summed E-state index contributed by atoms with van der Waals surface area (Å²) in [6, 6.07) is 21.4. The molecule has 3 N–H and O–H groups in total. The van der Waals surface area contributed by atoms with Crippen LogP contribution in [0.25, 0.3) is 0 Å². The topological polar surface area (TPSA) is 101 Å². The highest BCUT2D eigenvalue weighted by Crippen LogP contribution is 2.20. The van der Waals surface area contributed by atoms with E-state index in [-0.39, 0.29) is 12.5 Å². The number of ether oxygens (including phenoxy) is 1. The van der Waals surface area contributed by atoms with E-state index in [1.165, 1.54) is 6.33 Å². The van der Waals surface area contributed by atoms with Gasteiger partial charge in [0.05, 0.1) is 0 Å². The van der Waals surface area contributed by atoms with E-state index in [9.17, 15) is 4.79 Å². The number of pyridine rings is 1. The van der Waals surface area contributed by atoms with Gasteiger partial charge in [0.1, 0.15) is 29.5 Å². The second-order valence-corrected chi connectivity index (χ2v) is 7.06. The fourth-order valence-electron chi connectivity index (χ4n) is 2.72. The molecule has 0 aliphatic carbocycles. The number of benzene rings is 2. The Hall–Kier alpha value is -4.17. The lowest BCUT2D eigenvalue weighted by Crippen LogP contribution is -2.20. The first-order chi connectivity index (χ1) is 15.6. The van der Waals surface area contributed by atoms with E-state index in [4.69, 9.17) is 16.3 Å². The maximum absolute atomic E-state index is 12.1. The maximum atomic E-state index is 12.1. The number of amides is 1. The lowest BCUT2D eigenvalue weighted by atomic mass is 10.2. The maximum Gasteiger partial charge on any atom is 0.262 e. The molecule has 0 saturated heterocycles. The van der Waals surface area contributed by atoms with Gasteiger partial charge in [-0.3, -0.25) is 4.79 Å². The van der Waals surface area contributed by atoms with E-state index in [1.807, 2.05) is 30.3 Å². The van der Waals surface area contributed by atoms with Crippen LogP contribution in [0.5, 0.6) is 5.75 Å². The molecule has 0 radical (unpaired) electrons. The molecule has 0 spiro atoms. The van der Waals surface area contributed by atoms with Crippen LogP contribution in [-0.4, -0.2) is 27.5 Å². The van der Waals surface area contributed by atoms with Gasteiger partial charge in [0.25, 0.3) is 5.91 Å². The molecule has 0 aliphatic heterocycles. The number of hydrogen-bond acceptors (Lipinski definition) is 7. The van der Waals surface area contributed by atoms with E-state index in [2.05, 4.69) is 30.9 Å². The predicted octanol–water partition coefficient (Wildman–Crippen LogP) is 5.03. The van der Waals surface area contributed by atoms with Gasteiger partial charge in [0, 0.05) is 28.7 Å². The van der Waals surface area contributed by atoms with Crippen LogP contribution in [0.15, 0.2) is 85.3 Å². The molecule has 2 heterocycles. The van der Waals surface area contributed by atoms with Crippen LogP contribution < -0.4 is 20.7 Å². The molecule has 2 aromatic heterocycles. The minimum atomic E-state index is -0.262. The monoisotopic (exact) mass is 446 g/mol. The van der Waals surface area contributed by atoms with Crippen LogP contribution in [-0.2, 0) is 4.79 Å². The van der Waals surface area contributed by atoms with Crippen LogP contribution in [0.3, 0.4) is 0 Å². The number of carbonyl (C=O) groups is 1. The smallest absolute Gasteiger partial charge is 0.262 e. The minimum absolute atomic E-state index is 0.103. The average Bonchev–Trinajstić information content (AvgIpc) is 2.81. The average molecular weight is 447 g/mol. The van der Waals surface area contributed by atoms with Crippen molar-refractivity contribution in [1.82, 2.24) is 15.0 Å². The van der Waals surface area contributed by atoms with Gasteiger partial charge in [-0.15, -0.1) is 0 Å². The van der Waals surface area contributed by atoms with Crippen molar-refractivity contribution in [3.8, 4) is 5.75 Å². The molecule has 32 heavy (non-hydrogen) atoms. The summed E-state index contributed by atoms with van der Waals surface area (Å²) in [5.74, 6) is 2.24. The number of aromatic nitrogens is 3. The summed E-state index contributed by atoms with van der Waals surface area (Å²) in [6.07, 6.45) is 3.16.